The van der Waals surface area contributed by atoms with Gasteiger partial charge in [-0.15, -0.1) is 0 Å². The Kier molecular flexibility index (Phi) is 13.8. The minimum Gasteiger partial charge on any atom is -0.445 e. The number of benzene rings is 1. The van der Waals surface area contributed by atoms with Crippen molar-refractivity contribution in [3.8, 4) is 0 Å². The summed E-state index contributed by atoms with van der Waals surface area (Å²) in [5, 5.41) is 18.6. The fourth-order valence-corrected chi connectivity index (χ4v) is 3.10. The third-order valence-corrected chi connectivity index (χ3v) is 5.57. The molecule has 12 heteroatoms. The van der Waals surface area contributed by atoms with Gasteiger partial charge in [-0.2, -0.15) is 0 Å². The zero-order valence-electron chi connectivity index (χ0n) is 22.0. The van der Waals surface area contributed by atoms with Gasteiger partial charge in [0.25, 0.3) is 0 Å². The summed E-state index contributed by atoms with van der Waals surface area (Å²) in [5.74, 6) is -0.354. The molecule has 0 aliphatic heterocycles. The van der Waals surface area contributed by atoms with Crippen molar-refractivity contribution in [2.75, 3.05) is 46.1 Å². The highest BCUT2D eigenvalue weighted by Gasteiger charge is 2.25. The van der Waals surface area contributed by atoms with E-state index in [4.69, 9.17) is 16.2 Å². The van der Waals surface area contributed by atoms with Crippen LogP contribution in [0.2, 0.25) is 0 Å². The molecule has 0 bridgehead atoms. The van der Waals surface area contributed by atoms with E-state index in [1.807, 2.05) is 32.8 Å². The maximum Gasteiger partial charge on any atom is 0.409 e. The van der Waals surface area contributed by atoms with Gasteiger partial charge < -0.3 is 41.7 Å². The summed E-state index contributed by atoms with van der Waals surface area (Å²) >= 11 is 0. The lowest BCUT2D eigenvalue weighted by molar-refractivity contribution is -0.119. The van der Waals surface area contributed by atoms with Crippen LogP contribution in [0, 0.1) is 5.92 Å². The van der Waals surface area contributed by atoms with E-state index in [1.54, 1.807) is 31.3 Å². The number of rotatable bonds is 15. The summed E-state index contributed by atoms with van der Waals surface area (Å²) in [5.41, 5.74) is 12.4. The topological polar surface area (TPSA) is 175 Å². The molecule has 0 aliphatic carbocycles. The van der Waals surface area contributed by atoms with Crippen LogP contribution in [0.4, 0.5) is 15.3 Å². The monoisotopic (exact) mass is 509 g/mol. The van der Waals surface area contributed by atoms with Crippen molar-refractivity contribution >= 4 is 23.7 Å². The summed E-state index contributed by atoms with van der Waals surface area (Å²) in [7, 11) is 5.55. The average Bonchev–Trinajstić information content (AvgIpc) is 2.82. The molecule has 0 aliphatic rings. The van der Waals surface area contributed by atoms with Gasteiger partial charge in [0, 0.05) is 38.4 Å². The molecule has 1 rings (SSSR count). The molecule has 204 valence electrons. The Hall–Kier alpha value is -2.93. The largest absolute Gasteiger partial charge is 0.445 e. The second-order valence-electron chi connectivity index (χ2n) is 9.38. The van der Waals surface area contributed by atoms with Crippen LogP contribution in [0.3, 0.4) is 0 Å². The second-order valence-corrected chi connectivity index (χ2v) is 9.38. The minimum absolute atomic E-state index is 0.00200. The van der Waals surface area contributed by atoms with Crippen LogP contribution in [0.5, 0.6) is 0 Å². The average molecular weight is 510 g/mol. The van der Waals surface area contributed by atoms with Crippen molar-refractivity contribution in [1.82, 2.24) is 20.4 Å². The predicted molar refractivity (Wildman–Crippen MR) is 139 cm³/mol. The van der Waals surface area contributed by atoms with Gasteiger partial charge in [0.15, 0.2) is 0 Å². The molecule has 1 aromatic rings. The Morgan fingerprint density at radius 1 is 1.08 bits per heavy atom. The number of amides is 4. The zero-order chi connectivity index (χ0) is 27.3. The molecule has 36 heavy (non-hydrogen) atoms. The van der Waals surface area contributed by atoms with E-state index in [0.29, 0.717) is 31.6 Å². The van der Waals surface area contributed by atoms with E-state index in [0.717, 1.165) is 12.1 Å². The first-order chi connectivity index (χ1) is 16.9. The van der Waals surface area contributed by atoms with Gasteiger partial charge in [-0.3, -0.25) is 10.1 Å². The van der Waals surface area contributed by atoms with Crippen molar-refractivity contribution in [2.45, 2.75) is 51.6 Å². The number of primary amides is 1. The van der Waals surface area contributed by atoms with E-state index in [2.05, 4.69) is 16.0 Å². The maximum absolute atomic E-state index is 12.9. The first-order valence-corrected chi connectivity index (χ1v) is 12.1. The van der Waals surface area contributed by atoms with E-state index in [1.165, 1.54) is 4.90 Å². The number of urea groups is 1. The molecular formula is C24H43N7O5. The van der Waals surface area contributed by atoms with Gasteiger partial charge in [0.05, 0.1) is 6.04 Å². The third-order valence-electron chi connectivity index (χ3n) is 5.57. The molecule has 1 aromatic carbocycles. The van der Waals surface area contributed by atoms with Crippen LogP contribution in [0.1, 0.15) is 32.3 Å². The molecule has 0 saturated heterocycles. The minimum atomic E-state index is -1.09. The van der Waals surface area contributed by atoms with Crippen LogP contribution in [0.25, 0.3) is 0 Å². The number of aliphatic hydroxyl groups is 1. The van der Waals surface area contributed by atoms with Gasteiger partial charge in [-0.25, -0.2) is 9.59 Å². The second kappa shape index (κ2) is 15.9. The van der Waals surface area contributed by atoms with Gasteiger partial charge in [-0.1, -0.05) is 26.0 Å². The third kappa shape index (κ3) is 12.2. The number of ether oxygens (including phenoxy) is 1. The van der Waals surface area contributed by atoms with Crippen LogP contribution in [0.15, 0.2) is 24.3 Å². The number of carbonyl (C=O) groups excluding carboxylic acids is 3. The van der Waals surface area contributed by atoms with E-state index in [9.17, 15) is 19.5 Å². The Morgan fingerprint density at radius 2 is 1.72 bits per heavy atom. The van der Waals surface area contributed by atoms with Gasteiger partial charge in [0.1, 0.15) is 12.8 Å². The van der Waals surface area contributed by atoms with E-state index in [-0.39, 0.29) is 18.4 Å². The summed E-state index contributed by atoms with van der Waals surface area (Å²) in [6.07, 6.45) is -0.696. The molecule has 12 nitrogen and oxygen atoms in total. The highest BCUT2D eigenvalue weighted by Crippen LogP contribution is 2.13. The lowest BCUT2D eigenvalue weighted by Gasteiger charge is -2.27. The SMILES string of the molecule is CC(C)[C@H](N)C(O)N[C@@H](CCCNC(N)=O)C(=O)Nc1ccc(COC(=O)N(C)CCN(C)C)cc1. The maximum atomic E-state index is 12.9. The molecule has 0 saturated carbocycles. The number of hydrogen-bond donors (Lipinski definition) is 6. The highest BCUT2D eigenvalue weighted by molar-refractivity contribution is 5.94. The number of nitrogens with two attached hydrogens (primary N) is 2. The molecule has 0 spiro atoms. The Balaban J connectivity index is 2.69. The number of nitrogens with one attached hydrogen (secondary N) is 3. The highest BCUT2D eigenvalue weighted by atomic mass is 16.6. The number of carbonyl (C=O) groups is 3. The van der Waals surface area contributed by atoms with Crippen LogP contribution >= 0.6 is 0 Å². The lowest BCUT2D eigenvalue weighted by Crippen LogP contribution is -2.54. The summed E-state index contributed by atoms with van der Waals surface area (Å²) in [6, 6.07) is 4.97. The Morgan fingerprint density at radius 3 is 2.28 bits per heavy atom. The van der Waals surface area contributed by atoms with Crippen LogP contribution in [-0.4, -0.2) is 92.0 Å². The number of likely N-dealkylation sites (N-methyl/N-ethyl adjacent to an activating group) is 2. The molecule has 4 amide bonds. The van der Waals surface area contributed by atoms with Crippen molar-refractivity contribution in [1.29, 1.82) is 0 Å². The number of anilines is 1. The van der Waals surface area contributed by atoms with Gasteiger partial charge in [-0.05, 0) is 50.6 Å². The molecule has 0 aromatic heterocycles. The van der Waals surface area contributed by atoms with E-state index >= 15 is 0 Å². The molecule has 0 heterocycles. The Bertz CT molecular complexity index is 820. The molecular weight excluding hydrogens is 466 g/mol. The summed E-state index contributed by atoms with van der Waals surface area (Å²) in [6.45, 7) is 5.45. The normalized spacial score (nSPS) is 13.7. The lowest BCUT2D eigenvalue weighted by atomic mass is 10.0. The van der Waals surface area contributed by atoms with Crippen LogP contribution in [-0.2, 0) is 16.1 Å². The first-order valence-electron chi connectivity index (χ1n) is 12.1. The van der Waals surface area contributed by atoms with Gasteiger partial charge >= 0.3 is 12.1 Å². The predicted octanol–water partition coefficient (Wildman–Crippen LogP) is 0.464. The summed E-state index contributed by atoms with van der Waals surface area (Å²) in [4.78, 5) is 39.4. The van der Waals surface area contributed by atoms with Crippen molar-refractivity contribution in [3.63, 3.8) is 0 Å². The standard InChI is InChI=1S/C24H43N7O5/c1-16(2)20(25)22(33)29-19(7-6-12-27-23(26)34)21(32)28-18-10-8-17(9-11-18)15-36-24(35)31(5)14-13-30(3)4/h8-11,16,19-20,22,29,33H,6-7,12-15,25H2,1-5H3,(H,28,32)(H3,26,27,34)/t19-,20-,22?/m0/s1. The molecule has 1 unspecified atom stereocenters. The fraction of sp³-hybridized carbons (Fsp3) is 0.625. The van der Waals surface area contributed by atoms with E-state index < -0.39 is 30.4 Å². The summed E-state index contributed by atoms with van der Waals surface area (Å²) < 4.78 is 5.33. The molecule has 3 atom stereocenters. The Labute approximate surface area is 213 Å². The molecule has 0 fully saturated rings. The number of nitrogens with zero attached hydrogens (tertiary/aromatic N) is 2. The van der Waals surface area contributed by atoms with Crippen LogP contribution < -0.4 is 27.4 Å². The van der Waals surface area contributed by atoms with Crippen molar-refractivity contribution in [2.24, 2.45) is 17.4 Å². The van der Waals surface area contributed by atoms with Gasteiger partial charge in [0.2, 0.25) is 5.91 Å². The number of hydrogen-bond acceptors (Lipinski definition) is 8. The first kappa shape index (κ1) is 31.1. The zero-order valence-corrected chi connectivity index (χ0v) is 22.0. The number of aliphatic hydroxyl groups excluding tert-OH is 1. The smallest absolute Gasteiger partial charge is 0.409 e. The van der Waals surface area contributed by atoms with Crippen molar-refractivity contribution < 1.29 is 24.2 Å². The van der Waals surface area contributed by atoms with Crippen molar-refractivity contribution in [3.05, 3.63) is 29.8 Å². The fourth-order valence-electron chi connectivity index (χ4n) is 3.10. The molecule has 0 radical (unpaired) electrons. The molecule has 8 N–H and O–H groups in total. The quantitative estimate of drug-likeness (QED) is 0.146.